The van der Waals surface area contributed by atoms with Gasteiger partial charge in [-0.15, -0.1) is 0 Å². The average molecular weight is 231 g/mol. The molecule has 0 saturated carbocycles. The van der Waals surface area contributed by atoms with Crippen molar-refractivity contribution < 1.29 is 33.1 Å². The van der Waals surface area contributed by atoms with E-state index in [1.165, 1.54) is 6.92 Å². The van der Waals surface area contributed by atoms with Gasteiger partial charge in [-0.25, -0.2) is 9.59 Å². The molecule has 0 aromatic carbocycles. The van der Waals surface area contributed by atoms with E-state index in [-0.39, 0.29) is 17.4 Å². The summed E-state index contributed by atoms with van der Waals surface area (Å²) in [6.07, 6.45) is -2.01. The fraction of sp³-hybridized carbons (Fsp3) is 0.375. The summed E-state index contributed by atoms with van der Waals surface area (Å²) in [6, 6.07) is 0. The van der Waals surface area contributed by atoms with Crippen LogP contribution >= 0.6 is 0 Å². The first-order valence-corrected chi connectivity index (χ1v) is 4.06. The molecule has 8 nitrogen and oxygen atoms in total. The molecular weight excluding hydrogens is 222 g/mol. The molecule has 0 radical (unpaired) electrons. The zero-order valence-corrected chi connectivity index (χ0v) is 8.80. The number of aromatic nitrogens is 1. The van der Waals surface area contributed by atoms with E-state index >= 15 is 0 Å². The standard InChI is InChI=1S/C8H9NO7/c1-4-5(14-7(10)12-2)6(16-9-4)15-8(11)13-3/h1-3H3. The van der Waals surface area contributed by atoms with Crippen molar-refractivity contribution in [1.29, 1.82) is 0 Å². The normalized spacial score (nSPS) is 9.44. The molecule has 0 aliphatic heterocycles. The lowest BCUT2D eigenvalue weighted by molar-refractivity contribution is 0.0992. The summed E-state index contributed by atoms with van der Waals surface area (Å²) in [5.74, 6) is -0.521. The van der Waals surface area contributed by atoms with Crippen LogP contribution in [0.5, 0.6) is 11.7 Å². The lowest BCUT2D eigenvalue weighted by Gasteiger charge is -2.02. The molecular formula is C8H9NO7. The van der Waals surface area contributed by atoms with Gasteiger partial charge in [-0.3, -0.25) is 0 Å². The number of nitrogens with zero attached hydrogens (tertiary/aromatic N) is 1. The van der Waals surface area contributed by atoms with Gasteiger partial charge < -0.3 is 23.5 Å². The largest absolute Gasteiger partial charge is 0.516 e. The van der Waals surface area contributed by atoms with Gasteiger partial charge in [0.25, 0.3) is 0 Å². The summed E-state index contributed by atoms with van der Waals surface area (Å²) in [4.78, 5) is 21.6. The fourth-order valence-corrected chi connectivity index (χ4v) is 0.763. The Balaban J connectivity index is 2.85. The number of aryl methyl sites for hydroxylation is 1. The quantitative estimate of drug-likeness (QED) is 0.702. The molecule has 16 heavy (non-hydrogen) atoms. The summed E-state index contributed by atoms with van der Waals surface area (Å²) in [5.41, 5.74) is 0.226. The van der Waals surface area contributed by atoms with Crippen LogP contribution in [-0.2, 0) is 9.47 Å². The second-order valence-electron chi connectivity index (χ2n) is 2.50. The van der Waals surface area contributed by atoms with Crippen LogP contribution in [0.25, 0.3) is 0 Å². The van der Waals surface area contributed by atoms with Crippen molar-refractivity contribution in [3.8, 4) is 11.7 Å². The summed E-state index contributed by atoms with van der Waals surface area (Å²) in [6.45, 7) is 1.49. The van der Waals surface area contributed by atoms with Crippen LogP contribution in [0.15, 0.2) is 4.52 Å². The maximum absolute atomic E-state index is 10.9. The lowest BCUT2D eigenvalue weighted by atomic mass is 10.4. The number of hydrogen-bond acceptors (Lipinski definition) is 8. The van der Waals surface area contributed by atoms with E-state index in [1.54, 1.807) is 0 Å². The number of rotatable bonds is 2. The van der Waals surface area contributed by atoms with E-state index < -0.39 is 12.3 Å². The van der Waals surface area contributed by atoms with E-state index in [0.29, 0.717) is 0 Å². The Labute approximate surface area is 90.0 Å². The van der Waals surface area contributed by atoms with E-state index in [0.717, 1.165) is 14.2 Å². The number of ether oxygens (including phenoxy) is 4. The minimum atomic E-state index is -1.02. The molecule has 1 aromatic rings. The third-order valence-electron chi connectivity index (χ3n) is 1.47. The fourth-order valence-electron chi connectivity index (χ4n) is 0.763. The molecule has 0 bridgehead atoms. The zero-order chi connectivity index (χ0) is 12.1. The van der Waals surface area contributed by atoms with Gasteiger partial charge in [0, 0.05) is 0 Å². The highest BCUT2D eigenvalue weighted by atomic mass is 16.8. The van der Waals surface area contributed by atoms with E-state index in [9.17, 15) is 9.59 Å². The molecule has 0 N–H and O–H groups in total. The van der Waals surface area contributed by atoms with Crippen LogP contribution in [-0.4, -0.2) is 31.7 Å². The minimum Gasteiger partial charge on any atom is -0.437 e. The van der Waals surface area contributed by atoms with E-state index in [2.05, 4.69) is 28.6 Å². The Morgan fingerprint density at radius 1 is 1.12 bits per heavy atom. The minimum absolute atomic E-state index is 0.141. The van der Waals surface area contributed by atoms with Crippen molar-refractivity contribution >= 4 is 12.3 Å². The first kappa shape index (κ1) is 11.8. The Morgan fingerprint density at radius 2 is 1.69 bits per heavy atom. The maximum Gasteiger partial charge on any atom is 0.516 e. The molecule has 0 atom stereocenters. The highest BCUT2D eigenvalue weighted by Crippen LogP contribution is 2.31. The molecule has 0 amide bonds. The molecule has 0 aliphatic carbocycles. The van der Waals surface area contributed by atoms with Gasteiger partial charge in [0.15, 0.2) is 0 Å². The Morgan fingerprint density at radius 3 is 2.25 bits per heavy atom. The van der Waals surface area contributed by atoms with Crippen molar-refractivity contribution in [3.05, 3.63) is 5.69 Å². The molecule has 8 heteroatoms. The monoisotopic (exact) mass is 231 g/mol. The van der Waals surface area contributed by atoms with Crippen molar-refractivity contribution in [2.45, 2.75) is 6.92 Å². The number of methoxy groups -OCH3 is 2. The van der Waals surface area contributed by atoms with Gasteiger partial charge in [-0.1, -0.05) is 5.16 Å². The zero-order valence-electron chi connectivity index (χ0n) is 8.80. The highest BCUT2D eigenvalue weighted by Gasteiger charge is 2.22. The molecule has 88 valence electrons. The molecule has 1 rings (SSSR count). The molecule has 0 fully saturated rings. The lowest BCUT2D eigenvalue weighted by Crippen LogP contribution is -2.11. The Hall–Kier alpha value is -2.25. The number of carbonyl (C=O) groups is 2. The second-order valence-corrected chi connectivity index (χ2v) is 2.50. The smallest absolute Gasteiger partial charge is 0.437 e. The Kier molecular flexibility index (Phi) is 3.70. The van der Waals surface area contributed by atoms with Crippen LogP contribution in [0, 0.1) is 6.92 Å². The third-order valence-corrected chi connectivity index (χ3v) is 1.47. The highest BCUT2D eigenvalue weighted by molar-refractivity contribution is 5.67. The molecule has 1 heterocycles. The van der Waals surface area contributed by atoms with Gasteiger partial charge in [0.05, 0.1) is 14.2 Å². The van der Waals surface area contributed by atoms with Crippen molar-refractivity contribution in [3.63, 3.8) is 0 Å². The van der Waals surface area contributed by atoms with E-state index in [1.807, 2.05) is 0 Å². The number of hydrogen-bond donors (Lipinski definition) is 0. The van der Waals surface area contributed by atoms with Gasteiger partial charge in [0.2, 0.25) is 5.75 Å². The Bertz CT molecular complexity index is 397. The van der Waals surface area contributed by atoms with Gasteiger partial charge in [0.1, 0.15) is 5.69 Å². The SMILES string of the molecule is COC(=O)Oc1onc(C)c1OC(=O)OC. The van der Waals surface area contributed by atoms with Gasteiger partial charge in [-0.2, -0.15) is 0 Å². The summed E-state index contributed by atoms with van der Waals surface area (Å²) < 4.78 is 22.3. The van der Waals surface area contributed by atoms with Crippen LogP contribution < -0.4 is 9.47 Å². The van der Waals surface area contributed by atoms with Gasteiger partial charge in [-0.05, 0) is 6.92 Å². The van der Waals surface area contributed by atoms with Crippen molar-refractivity contribution in [2.24, 2.45) is 0 Å². The third kappa shape index (κ3) is 2.62. The second kappa shape index (κ2) is 5.01. The summed E-state index contributed by atoms with van der Waals surface area (Å²) in [5, 5.41) is 3.45. The maximum atomic E-state index is 10.9. The van der Waals surface area contributed by atoms with Gasteiger partial charge >= 0.3 is 18.3 Å². The first-order chi connectivity index (χ1) is 7.58. The number of carbonyl (C=O) groups excluding carboxylic acids is 2. The van der Waals surface area contributed by atoms with Crippen LogP contribution in [0.4, 0.5) is 9.59 Å². The average Bonchev–Trinajstić information content (AvgIpc) is 2.61. The van der Waals surface area contributed by atoms with Crippen molar-refractivity contribution in [2.75, 3.05) is 14.2 Å². The van der Waals surface area contributed by atoms with Crippen LogP contribution in [0.1, 0.15) is 5.69 Å². The molecule has 0 aliphatic rings. The van der Waals surface area contributed by atoms with Crippen LogP contribution in [0.3, 0.4) is 0 Å². The molecule has 0 spiro atoms. The topological polar surface area (TPSA) is 97.1 Å². The predicted octanol–water partition coefficient (Wildman–Crippen LogP) is 1.27. The molecule has 1 aromatic heterocycles. The molecule has 0 saturated heterocycles. The van der Waals surface area contributed by atoms with Crippen molar-refractivity contribution in [1.82, 2.24) is 5.16 Å². The predicted molar refractivity (Wildman–Crippen MR) is 47.3 cm³/mol. The van der Waals surface area contributed by atoms with E-state index in [4.69, 9.17) is 0 Å². The summed E-state index contributed by atoms with van der Waals surface area (Å²) in [7, 11) is 2.25. The summed E-state index contributed by atoms with van der Waals surface area (Å²) >= 11 is 0. The molecule has 0 unspecified atom stereocenters. The van der Waals surface area contributed by atoms with Crippen LogP contribution in [0.2, 0.25) is 0 Å². The first-order valence-electron chi connectivity index (χ1n) is 4.06.